The normalized spacial score (nSPS) is 18.6. The largest absolute Gasteiger partial charge is 0.378 e. The van der Waals surface area contributed by atoms with Gasteiger partial charge in [-0.1, -0.05) is 17.7 Å². The molecule has 0 spiro atoms. The Morgan fingerprint density at radius 3 is 2.89 bits per heavy atom. The summed E-state index contributed by atoms with van der Waals surface area (Å²) >= 11 is 6.17. The number of halogens is 1. The molecule has 1 aliphatic heterocycles. The van der Waals surface area contributed by atoms with Crippen molar-refractivity contribution in [2.45, 2.75) is 45.6 Å². The minimum atomic E-state index is 0.00403. The van der Waals surface area contributed by atoms with Crippen LogP contribution < -0.4 is 5.32 Å². The van der Waals surface area contributed by atoms with E-state index in [1.165, 1.54) is 0 Å². The number of hydrogen-bond donors (Lipinski definition) is 1. The number of amides is 1. The molecule has 0 saturated carbocycles. The van der Waals surface area contributed by atoms with Crippen molar-refractivity contribution in [2.24, 2.45) is 0 Å². The lowest BCUT2D eigenvalue weighted by Gasteiger charge is -2.13. The molecule has 19 heavy (non-hydrogen) atoms. The number of carbonyl (C=O) groups is 1. The van der Waals surface area contributed by atoms with Gasteiger partial charge in [0.1, 0.15) is 0 Å². The first kappa shape index (κ1) is 14.4. The molecular formula is C15H20ClNO2. The number of anilines is 1. The molecule has 1 atom stereocenters. The summed E-state index contributed by atoms with van der Waals surface area (Å²) in [6.07, 6.45) is 3.69. The fourth-order valence-electron chi connectivity index (χ4n) is 2.44. The van der Waals surface area contributed by atoms with E-state index in [0.29, 0.717) is 11.4 Å². The number of carbonyl (C=O) groups excluding carboxylic acids is 1. The summed E-state index contributed by atoms with van der Waals surface area (Å²) in [5, 5.41) is 3.50. The van der Waals surface area contributed by atoms with Crippen molar-refractivity contribution in [3.8, 4) is 0 Å². The van der Waals surface area contributed by atoms with Crippen molar-refractivity contribution in [2.75, 3.05) is 11.9 Å². The highest BCUT2D eigenvalue weighted by atomic mass is 35.5. The molecule has 104 valence electrons. The predicted octanol–water partition coefficient (Wildman–Crippen LogP) is 3.85. The van der Waals surface area contributed by atoms with Gasteiger partial charge in [0, 0.05) is 13.0 Å². The molecule has 1 N–H and O–H groups in total. The lowest BCUT2D eigenvalue weighted by Crippen LogP contribution is -2.16. The van der Waals surface area contributed by atoms with Crippen molar-refractivity contribution in [3.63, 3.8) is 0 Å². The monoisotopic (exact) mass is 281 g/mol. The average Bonchev–Trinajstić information content (AvgIpc) is 2.84. The number of aryl methyl sites for hydroxylation is 2. The van der Waals surface area contributed by atoms with Crippen molar-refractivity contribution in [3.05, 3.63) is 28.3 Å². The van der Waals surface area contributed by atoms with Gasteiger partial charge in [-0.05, 0) is 50.3 Å². The minimum Gasteiger partial charge on any atom is -0.378 e. The third-order valence-corrected chi connectivity index (χ3v) is 3.71. The van der Waals surface area contributed by atoms with E-state index >= 15 is 0 Å². The van der Waals surface area contributed by atoms with Gasteiger partial charge in [-0.25, -0.2) is 0 Å². The first-order valence-corrected chi connectivity index (χ1v) is 7.12. The van der Waals surface area contributed by atoms with E-state index in [2.05, 4.69) is 5.32 Å². The summed E-state index contributed by atoms with van der Waals surface area (Å²) in [6, 6.07) is 3.88. The molecule has 4 heteroatoms. The van der Waals surface area contributed by atoms with Gasteiger partial charge < -0.3 is 10.1 Å². The maximum Gasteiger partial charge on any atom is 0.224 e. The summed E-state index contributed by atoms with van der Waals surface area (Å²) in [5.74, 6) is 0.00403. The zero-order valence-electron chi connectivity index (χ0n) is 11.5. The maximum atomic E-state index is 11.9. The molecule has 3 nitrogen and oxygen atoms in total. The Morgan fingerprint density at radius 2 is 2.26 bits per heavy atom. The zero-order valence-corrected chi connectivity index (χ0v) is 12.2. The van der Waals surface area contributed by atoms with Gasteiger partial charge in [0.05, 0.1) is 16.8 Å². The van der Waals surface area contributed by atoms with Crippen LogP contribution in [0.3, 0.4) is 0 Å². The van der Waals surface area contributed by atoms with Crippen LogP contribution in [0.25, 0.3) is 0 Å². The van der Waals surface area contributed by atoms with Gasteiger partial charge in [0.25, 0.3) is 0 Å². The SMILES string of the molecule is Cc1cc(C)c(NC(=O)CC[C@@H]2CCCO2)c(Cl)c1. The predicted molar refractivity (Wildman–Crippen MR) is 77.8 cm³/mol. The number of rotatable bonds is 4. The van der Waals surface area contributed by atoms with Crippen molar-refractivity contribution >= 4 is 23.2 Å². The highest BCUT2D eigenvalue weighted by Crippen LogP contribution is 2.27. The fraction of sp³-hybridized carbons (Fsp3) is 0.533. The fourth-order valence-corrected chi connectivity index (χ4v) is 2.81. The zero-order chi connectivity index (χ0) is 13.8. The second kappa shape index (κ2) is 6.40. The molecule has 1 aromatic carbocycles. The Morgan fingerprint density at radius 1 is 1.47 bits per heavy atom. The molecule has 1 aliphatic rings. The van der Waals surface area contributed by atoms with Crippen LogP contribution in [0.1, 0.15) is 36.8 Å². The second-order valence-corrected chi connectivity index (χ2v) is 5.57. The van der Waals surface area contributed by atoms with Gasteiger partial charge >= 0.3 is 0 Å². The molecule has 1 fully saturated rings. The highest BCUT2D eigenvalue weighted by molar-refractivity contribution is 6.34. The van der Waals surface area contributed by atoms with Crippen LogP contribution in [0.4, 0.5) is 5.69 Å². The maximum absolute atomic E-state index is 11.9. The topological polar surface area (TPSA) is 38.3 Å². The van der Waals surface area contributed by atoms with E-state index in [0.717, 1.165) is 42.7 Å². The van der Waals surface area contributed by atoms with E-state index in [-0.39, 0.29) is 12.0 Å². The van der Waals surface area contributed by atoms with Crippen LogP contribution in [0.5, 0.6) is 0 Å². The van der Waals surface area contributed by atoms with Gasteiger partial charge in [-0.15, -0.1) is 0 Å². The third kappa shape index (κ3) is 3.95. The summed E-state index contributed by atoms with van der Waals surface area (Å²) in [6.45, 7) is 4.77. The van der Waals surface area contributed by atoms with Gasteiger partial charge in [-0.2, -0.15) is 0 Å². The molecule has 1 amide bonds. The van der Waals surface area contributed by atoms with Gasteiger partial charge in [0.15, 0.2) is 0 Å². The van der Waals surface area contributed by atoms with E-state index in [1.54, 1.807) is 0 Å². The lowest BCUT2D eigenvalue weighted by molar-refractivity contribution is -0.116. The van der Waals surface area contributed by atoms with Crippen LogP contribution in [0, 0.1) is 13.8 Å². The van der Waals surface area contributed by atoms with Gasteiger partial charge in [-0.3, -0.25) is 4.79 Å². The van der Waals surface area contributed by atoms with Crippen LogP contribution in [0.2, 0.25) is 5.02 Å². The quantitative estimate of drug-likeness (QED) is 0.910. The molecule has 0 radical (unpaired) electrons. The first-order chi connectivity index (χ1) is 9.06. The average molecular weight is 282 g/mol. The van der Waals surface area contributed by atoms with E-state index in [1.807, 2.05) is 26.0 Å². The van der Waals surface area contributed by atoms with Crippen LogP contribution in [-0.4, -0.2) is 18.6 Å². The molecule has 2 rings (SSSR count). The Labute approximate surface area is 119 Å². The minimum absolute atomic E-state index is 0.00403. The van der Waals surface area contributed by atoms with E-state index < -0.39 is 0 Å². The van der Waals surface area contributed by atoms with Crippen molar-refractivity contribution in [1.29, 1.82) is 0 Å². The molecule has 0 aliphatic carbocycles. The number of nitrogens with one attached hydrogen (secondary N) is 1. The standard InChI is InChI=1S/C15H20ClNO2/c1-10-8-11(2)15(13(16)9-10)17-14(18)6-5-12-4-3-7-19-12/h8-9,12H,3-7H2,1-2H3,(H,17,18)/t12-/m0/s1. The smallest absolute Gasteiger partial charge is 0.224 e. The Hall–Kier alpha value is -1.06. The van der Waals surface area contributed by atoms with E-state index in [9.17, 15) is 4.79 Å². The Balaban J connectivity index is 1.91. The van der Waals surface area contributed by atoms with Crippen LogP contribution in [-0.2, 0) is 9.53 Å². The Bertz CT molecular complexity index is 444. The molecular weight excluding hydrogens is 262 g/mol. The molecule has 0 unspecified atom stereocenters. The Kier molecular flexibility index (Phi) is 4.83. The summed E-state index contributed by atoms with van der Waals surface area (Å²) in [7, 11) is 0. The van der Waals surface area contributed by atoms with Gasteiger partial charge in [0.2, 0.25) is 5.91 Å². The molecule has 1 heterocycles. The second-order valence-electron chi connectivity index (χ2n) is 5.16. The van der Waals surface area contributed by atoms with Crippen molar-refractivity contribution in [1.82, 2.24) is 0 Å². The molecule has 1 aromatic rings. The highest BCUT2D eigenvalue weighted by Gasteiger charge is 2.17. The number of ether oxygens (including phenoxy) is 1. The number of hydrogen-bond acceptors (Lipinski definition) is 2. The van der Waals surface area contributed by atoms with Crippen molar-refractivity contribution < 1.29 is 9.53 Å². The first-order valence-electron chi connectivity index (χ1n) is 6.74. The third-order valence-electron chi connectivity index (χ3n) is 3.41. The van der Waals surface area contributed by atoms with E-state index in [4.69, 9.17) is 16.3 Å². The molecule has 1 saturated heterocycles. The molecule has 0 aromatic heterocycles. The molecule has 0 bridgehead atoms. The lowest BCUT2D eigenvalue weighted by atomic mass is 10.1. The summed E-state index contributed by atoms with van der Waals surface area (Å²) in [5.41, 5.74) is 2.82. The van der Waals surface area contributed by atoms with Crippen LogP contribution >= 0.6 is 11.6 Å². The van der Waals surface area contributed by atoms with Crippen LogP contribution in [0.15, 0.2) is 12.1 Å². The summed E-state index contributed by atoms with van der Waals surface area (Å²) < 4.78 is 5.51. The number of benzene rings is 1. The summed E-state index contributed by atoms with van der Waals surface area (Å²) in [4.78, 5) is 11.9.